The summed E-state index contributed by atoms with van der Waals surface area (Å²) in [5, 5.41) is 3.58. The molecule has 1 fully saturated rings. The molecule has 1 N–H and O–H groups in total. The van der Waals surface area contributed by atoms with Gasteiger partial charge in [0, 0.05) is 34.9 Å². The predicted molar refractivity (Wildman–Crippen MR) is 87.0 cm³/mol. The zero-order chi connectivity index (χ0) is 15.6. The average molecular weight is 310 g/mol. The highest BCUT2D eigenvalue weighted by Gasteiger charge is 2.34. The third kappa shape index (κ3) is 5.00. The number of nitrogens with one attached hydrogen (secondary N) is 1. The molecule has 118 valence electrons. The SMILES string of the molecule is Cc1ccc(CC(C)NC2CN(C(=O)OC(C)(C)C)C2)s1. The lowest BCUT2D eigenvalue weighted by atomic mass is 10.1. The molecule has 1 aliphatic heterocycles. The number of carbonyl (C=O) groups excluding carboxylic acids is 1. The maximum atomic E-state index is 11.8. The van der Waals surface area contributed by atoms with Crippen molar-refractivity contribution < 1.29 is 9.53 Å². The second-order valence-corrected chi connectivity index (χ2v) is 8.24. The molecule has 0 bridgehead atoms. The van der Waals surface area contributed by atoms with Gasteiger partial charge in [-0.15, -0.1) is 11.3 Å². The fourth-order valence-corrected chi connectivity index (χ4v) is 3.44. The summed E-state index contributed by atoms with van der Waals surface area (Å²) in [5.74, 6) is 0. The number of ether oxygens (including phenoxy) is 1. The van der Waals surface area contributed by atoms with Gasteiger partial charge < -0.3 is 15.0 Å². The van der Waals surface area contributed by atoms with Crippen LogP contribution in [0.5, 0.6) is 0 Å². The van der Waals surface area contributed by atoms with Gasteiger partial charge in [0.05, 0.1) is 0 Å². The predicted octanol–water partition coefficient (Wildman–Crippen LogP) is 3.20. The van der Waals surface area contributed by atoms with E-state index in [0.717, 1.165) is 19.5 Å². The third-order valence-electron chi connectivity index (χ3n) is 3.36. The molecular formula is C16H26N2O2S. The minimum absolute atomic E-state index is 0.206. The lowest BCUT2D eigenvalue weighted by molar-refractivity contribution is 0.00437. The quantitative estimate of drug-likeness (QED) is 0.928. The number of hydrogen-bond donors (Lipinski definition) is 1. The summed E-state index contributed by atoms with van der Waals surface area (Å²) < 4.78 is 5.35. The fraction of sp³-hybridized carbons (Fsp3) is 0.688. The molecule has 1 unspecified atom stereocenters. The number of likely N-dealkylation sites (tertiary alicyclic amines) is 1. The van der Waals surface area contributed by atoms with E-state index in [2.05, 4.69) is 31.3 Å². The van der Waals surface area contributed by atoms with Crippen LogP contribution in [-0.2, 0) is 11.2 Å². The highest BCUT2D eigenvalue weighted by molar-refractivity contribution is 7.11. The summed E-state index contributed by atoms with van der Waals surface area (Å²) in [4.78, 5) is 16.4. The molecule has 0 aromatic carbocycles. The smallest absolute Gasteiger partial charge is 0.410 e. The first-order valence-corrected chi connectivity index (χ1v) is 8.34. The number of thiophene rings is 1. The van der Waals surface area contributed by atoms with Gasteiger partial charge in [-0.3, -0.25) is 0 Å². The molecule has 1 atom stereocenters. The van der Waals surface area contributed by atoms with E-state index in [1.54, 1.807) is 4.90 Å². The number of aryl methyl sites for hydroxylation is 1. The van der Waals surface area contributed by atoms with Crippen molar-refractivity contribution in [2.45, 2.75) is 58.7 Å². The van der Waals surface area contributed by atoms with Gasteiger partial charge in [-0.25, -0.2) is 4.79 Å². The Labute approximate surface area is 131 Å². The summed E-state index contributed by atoms with van der Waals surface area (Å²) in [5.41, 5.74) is -0.417. The van der Waals surface area contributed by atoms with Crippen molar-refractivity contribution in [3.63, 3.8) is 0 Å². The van der Waals surface area contributed by atoms with Crippen LogP contribution >= 0.6 is 11.3 Å². The second kappa shape index (κ2) is 6.36. The van der Waals surface area contributed by atoms with Crippen LogP contribution in [0.1, 0.15) is 37.4 Å². The van der Waals surface area contributed by atoms with Gasteiger partial charge in [0.2, 0.25) is 0 Å². The molecule has 0 saturated carbocycles. The lowest BCUT2D eigenvalue weighted by Gasteiger charge is -2.41. The summed E-state index contributed by atoms with van der Waals surface area (Å²) in [6, 6.07) is 5.18. The summed E-state index contributed by atoms with van der Waals surface area (Å²) in [6.07, 6.45) is 0.837. The Morgan fingerprint density at radius 2 is 2.14 bits per heavy atom. The first kappa shape index (κ1) is 16.3. The molecule has 0 spiro atoms. The van der Waals surface area contributed by atoms with Gasteiger partial charge >= 0.3 is 6.09 Å². The Morgan fingerprint density at radius 3 is 2.67 bits per heavy atom. The topological polar surface area (TPSA) is 41.6 Å². The summed E-state index contributed by atoms with van der Waals surface area (Å²) >= 11 is 1.86. The molecule has 1 amide bonds. The number of carbonyl (C=O) groups is 1. The Bertz CT molecular complexity index is 487. The van der Waals surface area contributed by atoms with Crippen LogP contribution in [-0.4, -0.2) is 41.8 Å². The van der Waals surface area contributed by atoms with Gasteiger partial charge in [-0.2, -0.15) is 0 Å². The molecule has 2 heterocycles. The van der Waals surface area contributed by atoms with E-state index in [0.29, 0.717) is 12.1 Å². The van der Waals surface area contributed by atoms with Crippen LogP contribution in [0, 0.1) is 6.92 Å². The van der Waals surface area contributed by atoms with Gasteiger partial charge in [0.25, 0.3) is 0 Å². The normalized spacial score (nSPS) is 17.5. The zero-order valence-electron chi connectivity index (χ0n) is 13.6. The standard InChI is InChI=1S/C16H26N2O2S/c1-11(8-14-7-6-12(2)21-14)17-13-9-18(10-13)15(19)20-16(3,4)5/h6-7,11,13,17H,8-10H2,1-5H3. The monoisotopic (exact) mass is 310 g/mol. The van der Waals surface area contributed by atoms with E-state index in [9.17, 15) is 4.79 Å². The van der Waals surface area contributed by atoms with Crippen molar-refractivity contribution >= 4 is 17.4 Å². The molecule has 1 aliphatic rings. The van der Waals surface area contributed by atoms with Crippen LogP contribution in [0.15, 0.2) is 12.1 Å². The Morgan fingerprint density at radius 1 is 1.48 bits per heavy atom. The second-order valence-electron chi connectivity index (χ2n) is 6.87. The van der Waals surface area contributed by atoms with Crippen molar-refractivity contribution in [2.24, 2.45) is 0 Å². The highest BCUT2D eigenvalue weighted by atomic mass is 32.1. The van der Waals surface area contributed by atoms with Crippen LogP contribution in [0.2, 0.25) is 0 Å². The van der Waals surface area contributed by atoms with E-state index in [1.807, 2.05) is 32.1 Å². The van der Waals surface area contributed by atoms with Crippen LogP contribution in [0.4, 0.5) is 4.79 Å². The first-order chi connectivity index (χ1) is 9.73. The molecule has 2 rings (SSSR count). The molecule has 1 saturated heterocycles. The maximum Gasteiger partial charge on any atom is 0.410 e. The van der Waals surface area contributed by atoms with Gasteiger partial charge in [0.1, 0.15) is 5.60 Å². The largest absolute Gasteiger partial charge is 0.444 e. The molecule has 5 heteroatoms. The Hall–Kier alpha value is -1.07. The lowest BCUT2D eigenvalue weighted by Crippen LogP contribution is -2.62. The van der Waals surface area contributed by atoms with Crippen molar-refractivity contribution in [3.8, 4) is 0 Å². The van der Waals surface area contributed by atoms with E-state index in [1.165, 1.54) is 9.75 Å². The van der Waals surface area contributed by atoms with E-state index in [4.69, 9.17) is 4.74 Å². The van der Waals surface area contributed by atoms with Crippen LogP contribution in [0.25, 0.3) is 0 Å². The molecule has 1 aromatic rings. The molecular weight excluding hydrogens is 284 g/mol. The molecule has 1 aromatic heterocycles. The molecule has 0 aliphatic carbocycles. The highest BCUT2D eigenvalue weighted by Crippen LogP contribution is 2.18. The Balaban J connectivity index is 1.69. The zero-order valence-corrected chi connectivity index (χ0v) is 14.4. The van der Waals surface area contributed by atoms with Gasteiger partial charge in [-0.1, -0.05) is 0 Å². The van der Waals surface area contributed by atoms with Crippen molar-refractivity contribution in [1.29, 1.82) is 0 Å². The summed E-state index contributed by atoms with van der Waals surface area (Å²) in [7, 11) is 0. The Kier molecular flexibility index (Phi) is 4.94. The summed E-state index contributed by atoms with van der Waals surface area (Å²) in [6.45, 7) is 11.5. The van der Waals surface area contributed by atoms with Gasteiger partial charge in [-0.05, 0) is 53.2 Å². The maximum absolute atomic E-state index is 11.8. The number of nitrogens with zero attached hydrogens (tertiary/aromatic N) is 1. The number of amides is 1. The van der Waals surface area contributed by atoms with E-state index < -0.39 is 5.60 Å². The third-order valence-corrected chi connectivity index (χ3v) is 4.38. The molecule has 21 heavy (non-hydrogen) atoms. The van der Waals surface area contributed by atoms with Crippen molar-refractivity contribution in [3.05, 3.63) is 21.9 Å². The van der Waals surface area contributed by atoms with Gasteiger partial charge in [0.15, 0.2) is 0 Å². The van der Waals surface area contributed by atoms with Crippen molar-refractivity contribution in [2.75, 3.05) is 13.1 Å². The van der Waals surface area contributed by atoms with E-state index >= 15 is 0 Å². The average Bonchev–Trinajstić information content (AvgIpc) is 2.66. The first-order valence-electron chi connectivity index (χ1n) is 7.52. The number of rotatable bonds is 4. The van der Waals surface area contributed by atoms with Crippen LogP contribution in [0.3, 0.4) is 0 Å². The van der Waals surface area contributed by atoms with E-state index in [-0.39, 0.29) is 6.09 Å². The minimum atomic E-state index is -0.417. The molecule has 0 radical (unpaired) electrons. The molecule has 4 nitrogen and oxygen atoms in total. The fourth-order valence-electron chi connectivity index (χ4n) is 2.42. The van der Waals surface area contributed by atoms with Crippen LogP contribution < -0.4 is 5.32 Å². The van der Waals surface area contributed by atoms with Crippen molar-refractivity contribution in [1.82, 2.24) is 10.2 Å². The number of hydrogen-bond acceptors (Lipinski definition) is 4. The minimum Gasteiger partial charge on any atom is -0.444 e.